The Morgan fingerprint density at radius 2 is 1.72 bits per heavy atom. The lowest BCUT2D eigenvalue weighted by Crippen LogP contribution is -2.31. The van der Waals surface area contributed by atoms with Gasteiger partial charge in [0.15, 0.2) is 0 Å². The van der Waals surface area contributed by atoms with Gasteiger partial charge in [-0.2, -0.15) is 4.98 Å². The summed E-state index contributed by atoms with van der Waals surface area (Å²) in [6.45, 7) is 4.85. The van der Waals surface area contributed by atoms with Crippen LogP contribution in [0.25, 0.3) is 0 Å². The molecule has 3 aromatic rings. The smallest absolute Gasteiger partial charge is 0.231 e. The van der Waals surface area contributed by atoms with Crippen molar-refractivity contribution in [1.82, 2.24) is 9.97 Å². The predicted molar refractivity (Wildman–Crippen MR) is 102 cm³/mol. The van der Waals surface area contributed by atoms with Crippen LogP contribution >= 0.6 is 0 Å². The first kappa shape index (κ1) is 15.6. The predicted octanol–water partition coefficient (Wildman–Crippen LogP) is 4.20. The fourth-order valence-corrected chi connectivity index (χ4v) is 3.38. The van der Waals surface area contributed by atoms with Gasteiger partial charge in [-0.3, -0.25) is 0 Å². The van der Waals surface area contributed by atoms with Crippen molar-refractivity contribution in [3.63, 3.8) is 0 Å². The van der Waals surface area contributed by atoms with Gasteiger partial charge in [-0.25, -0.2) is 4.98 Å². The average Bonchev–Trinajstić information content (AvgIpc) is 2.69. The van der Waals surface area contributed by atoms with E-state index in [4.69, 9.17) is 4.98 Å². The zero-order valence-electron chi connectivity index (χ0n) is 14.5. The van der Waals surface area contributed by atoms with Gasteiger partial charge in [-0.15, -0.1) is 0 Å². The van der Waals surface area contributed by atoms with E-state index in [1.54, 1.807) is 0 Å². The SMILES string of the molecule is CCN(c1ccccc1)c1nccc(N2CCc3ccccc3C2)n1. The van der Waals surface area contributed by atoms with Gasteiger partial charge in [0.05, 0.1) is 0 Å². The molecule has 2 heterocycles. The maximum Gasteiger partial charge on any atom is 0.231 e. The van der Waals surface area contributed by atoms with Crippen molar-refractivity contribution in [2.45, 2.75) is 19.9 Å². The Morgan fingerprint density at radius 3 is 2.52 bits per heavy atom. The van der Waals surface area contributed by atoms with Crippen LogP contribution in [0.15, 0.2) is 66.9 Å². The third kappa shape index (κ3) is 3.20. The molecule has 0 saturated heterocycles. The van der Waals surface area contributed by atoms with Crippen molar-refractivity contribution in [3.05, 3.63) is 78.0 Å². The minimum Gasteiger partial charge on any atom is -0.352 e. The van der Waals surface area contributed by atoms with E-state index >= 15 is 0 Å². The Balaban J connectivity index is 1.62. The molecule has 4 heteroatoms. The van der Waals surface area contributed by atoms with Crippen LogP contribution < -0.4 is 9.80 Å². The van der Waals surface area contributed by atoms with E-state index in [1.165, 1.54) is 11.1 Å². The molecule has 126 valence electrons. The molecule has 0 amide bonds. The molecule has 4 rings (SSSR count). The fraction of sp³-hybridized carbons (Fsp3) is 0.238. The molecule has 4 nitrogen and oxygen atoms in total. The van der Waals surface area contributed by atoms with Gasteiger partial charge in [-0.05, 0) is 42.7 Å². The molecule has 0 saturated carbocycles. The lowest BCUT2D eigenvalue weighted by Gasteiger charge is -2.30. The molecule has 1 aliphatic rings. The highest BCUT2D eigenvalue weighted by molar-refractivity contribution is 5.58. The number of fused-ring (bicyclic) bond motifs is 1. The van der Waals surface area contributed by atoms with Crippen molar-refractivity contribution in [3.8, 4) is 0 Å². The van der Waals surface area contributed by atoms with Crippen LogP contribution in [0.2, 0.25) is 0 Å². The van der Waals surface area contributed by atoms with E-state index in [0.717, 1.165) is 43.5 Å². The van der Waals surface area contributed by atoms with Gasteiger partial charge in [0.2, 0.25) is 5.95 Å². The summed E-state index contributed by atoms with van der Waals surface area (Å²) in [5.74, 6) is 1.75. The molecule has 0 atom stereocenters. The number of hydrogen-bond donors (Lipinski definition) is 0. The van der Waals surface area contributed by atoms with E-state index in [9.17, 15) is 0 Å². The highest BCUT2D eigenvalue weighted by atomic mass is 15.3. The summed E-state index contributed by atoms with van der Waals surface area (Å²) in [6, 6.07) is 21.0. The summed E-state index contributed by atoms with van der Waals surface area (Å²) >= 11 is 0. The number of benzene rings is 2. The van der Waals surface area contributed by atoms with Crippen molar-refractivity contribution in [2.75, 3.05) is 22.9 Å². The van der Waals surface area contributed by atoms with Crippen LogP contribution in [0.1, 0.15) is 18.1 Å². The zero-order valence-corrected chi connectivity index (χ0v) is 14.5. The first-order valence-electron chi connectivity index (χ1n) is 8.82. The molecule has 0 unspecified atom stereocenters. The van der Waals surface area contributed by atoms with Crippen LogP contribution in [0, 0.1) is 0 Å². The maximum atomic E-state index is 4.86. The second-order valence-electron chi connectivity index (χ2n) is 6.23. The lowest BCUT2D eigenvalue weighted by atomic mass is 10.00. The molecular weight excluding hydrogens is 308 g/mol. The molecule has 0 spiro atoms. The van der Waals surface area contributed by atoms with Crippen molar-refractivity contribution >= 4 is 17.5 Å². The van der Waals surface area contributed by atoms with Crippen molar-refractivity contribution < 1.29 is 0 Å². The third-order valence-electron chi connectivity index (χ3n) is 4.71. The summed E-state index contributed by atoms with van der Waals surface area (Å²) in [5, 5.41) is 0. The average molecular weight is 330 g/mol. The number of rotatable bonds is 4. The normalized spacial score (nSPS) is 13.4. The maximum absolute atomic E-state index is 4.86. The third-order valence-corrected chi connectivity index (χ3v) is 4.71. The van der Waals surface area contributed by atoms with Gasteiger partial charge >= 0.3 is 0 Å². The van der Waals surface area contributed by atoms with Gasteiger partial charge in [-0.1, -0.05) is 42.5 Å². The topological polar surface area (TPSA) is 32.3 Å². The van der Waals surface area contributed by atoms with Crippen LogP contribution in [0.3, 0.4) is 0 Å². The standard InChI is InChI=1S/C21H22N4/c1-2-25(19-10-4-3-5-11-19)21-22-14-12-20(23-21)24-15-13-17-8-6-7-9-18(17)16-24/h3-12,14H,2,13,15-16H2,1H3. The van der Waals surface area contributed by atoms with E-state index in [2.05, 4.69) is 58.1 Å². The number of nitrogens with zero attached hydrogens (tertiary/aromatic N) is 4. The summed E-state index contributed by atoms with van der Waals surface area (Å²) in [7, 11) is 0. The summed E-state index contributed by atoms with van der Waals surface area (Å²) in [5.41, 5.74) is 3.96. The second-order valence-corrected chi connectivity index (χ2v) is 6.23. The first-order valence-corrected chi connectivity index (χ1v) is 8.82. The minimum atomic E-state index is 0.755. The number of anilines is 3. The van der Waals surface area contributed by atoms with Crippen molar-refractivity contribution in [2.24, 2.45) is 0 Å². The molecule has 0 radical (unpaired) electrons. The largest absolute Gasteiger partial charge is 0.352 e. The quantitative estimate of drug-likeness (QED) is 0.718. The summed E-state index contributed by atoms with van der Waals surface area (Å²) in [4.78, 5) is 13.9. The Morgan fingerprint density at radius 1 is 0.960 bits per heavy atom. The van der Waals surface area contributed by atoms with E-state index in [-0.39, 0.29) is 0 Å². The molecule has 0 bridgehead atoms. The molecule has 2 aromatic carbocycles. The molecule has 0 fully saturated rings. The number of hydrogen-bond acceptors (Lipinski definition) is 4. The van der Waals surface area contributed by atoms with Crippen LogP contribution in [-0.2, 0) is 13.0 Å². The van der Waals surface area contributed by atoms with Crippen LogP contribution in [0.4, 0.5) is 17.5 Å². The van der Waals surface area contributed by atoms with Crippen LogP contribution in [-0.4, -0.2) is 23.1 Å². The van der Waals surface area contributed by atoms with E-state index in [1.807, 2.05) is 30.5 Å². The van der Waals surface area contributed by atoms with E-state index in [0.29, 0.717) is 0 Å². The van der Waals surface area contributed by atoms with E-state index < -0.39 is 0 Å². The number of aromatic nitrogens is 2. The molecule has 25 heavy (non-hydrogen) atoms. The summed E-state index contributed by atoms with van der Waals surface area (Å²) in [6.07, 6.45) is 2.93. The Labute approximate surface area is 148 Å². The molecule has 0 aliphatic carbocycles. The fourth-order valence-electron chi connectivity index (χ4n) is 3.38. The molecule has 1 aromatic heterocycles. The monoisotopic (exact) mass is 330 g/mol. The highest BCUT2D eigenvalue weighted by Gasteiger charge is 2.18. The Bertz CT molecular complexity index is 847. The molecule has 1 aliphatic heterocycles. The van der Waals surface area contributed by atoms with Gasteiger partial charge < -0.3 is 9.80 Å². The van der Waals surface area contributed by atoms with Gasteiger partial charge in [0, 0.05) is 31.5 Å². The molecule has 0 N–H and O–H groups in total. The van der Waals surface area contributed by atoms with Gasteiger partial charge in [0.25, 0.3) is 0 Å². The van der Waals surface area contributed by atoms with Crippen LogP contribution in [0.5, 0.6) is 0 Å². The summed E-state index contributed by atoms with van der Waals surface area (Å²) < 4.78 is 0. The Hall–Kier alpha value is -2.88. The zero-order chi connectivity index (χ0) is 17.1. The first-order chi connectivity index (χ1) is 12.3. The van der Waals surface area contributed by atoms with Gasteiger partial charge in [0.1, 0.15) is 5.82 Å². The Kier molecular flexibility index (Phi) is 4.34. The molecular formula is C21H22N4. The highest BCUT2D eigenvalue weighted by Crippen LogP contribution is 2.26. The number of para-hydroxylation sites is 1. The second kappa shape index (κ2) is 6.93. The van der Waals surface area contributed by atoms with Crippen molar-refractivity contribution in [1.29, 1.82) is 0 Å². The minimum absolute atomic E-state index is 0.755. The lowest BCUT2D eigenvalue weighted by molar-refractivity contribution is 0.718.